The van der Waals surface area contributed by atoms with Gasteiger partial charge in [-0.1, -0.05) is 41.4 Å². The number of amides is 4. The molecule has 0 bridgehead atoms. The number of hydrogen-bond acceptors (Lipinski definition) is 9. The lowest BCUT2D eigenvalue weighted by molar-refractivity contribution is -0.131. The predicted molar refractivity (Wildman–Crippen MR) is 216 cm³/mol. The topological polar surface area (TPSA) is 139 Å². The molecule has 4 amide bonds. The van der Waals surface area contributed by atoms with Gasteiger partial charge < -0.3 is 9.84 Å². The van der Waals surface area contributed by atoms with Crippen LogP contribution in [0.4, 0.5) is 11.5 Å². The van der Waals surface area contributed by atoms with Crippen LogP contribution in [0.2, 0.25) is 5.02 Å². The molecule has 2 aliphatic heterocycles. The minimum atomic E-state index is -1.31. The Morgan fingerprint density at radius 2 is 1.74 bits per heavy atom. The van der Waals surface area contributed by atoms with Crippen LogP contribution in [0.3, 0.4) is 0 Å². The number of ether oxygens (including phenoxy) is 1. The van der Waals surface area contributed by atoms with Crippen LogP contribution >= 0.6 is 22.9 Å². The average Bonchev–Trinajstić information content (AvgIpc) is 3.87. The van der Waals surface area contributed by atoms with Crippen molar-refractivity contribution in [1.29, 1.82) is 0 Å². The lowest BCUT2D eigenvalue weighted by Crippen LogP contribution is -2.49. The maximum Gasteiger partial charge on any atom is 0.242 e. The number of nitrogens with zero attached hydrogens (tertiary/aromatic N) is 4. The Kier molecular flexibility index (Phi) is 8.87. The maximum absolute atomic E-state index is 15.2. The van der Waals surface area contributed by atoms with Gasteiger partial charge in [0, 0.05) is 39.9 Å². The molecule has 5 aromatic rings. The molecule has 290 valence electrons. The zero-order valence-electron chi connectivity index (χ0n) is 31.7. The summed E-state index contributed by atoms with van der Waals surface area (Å²) in [6.07, 6.45) is 2.45. The molecule has 2 aromatic heterocycles. The minimum Gasteiger partial charge on any atom is -0.491 e. The summed E-state index contributed by atoms with van der Waals surface area (Å²) >= 11 is 7.89. The fraction of sp³-hybridized carbons (Fsp3) is 0.318. The second-order valence-corrected chi connectivity index (χ2v) is 17.1. The molecule has 3 fully saturated rings. The van der Waals surface area contributed by atoms with Crippen LogP contribution in [0.1, 0.15) is 54.1 Å². The number of hydrogen-bond donors (Lipinski definition) is 1. The number of imide groups is 2. The Morgan fingerprint density at radius 3 is 2.47 bits per heavy atom. The van der Waals surface area contributed by atoms with E-state index in [2.05, 4.69) is 0 Å². The van der Waals surface area contributed by atoms with Gasteiger partial charge in [0.2, 0.25) is 23.6 Å². The highest BCUT2D eigenvalue weighted by Gasteiger charge is 2.68. The second-order valence-electron chi connectivity index (χ2n) is 15.6. The maximum atomic E-state index is 15.2. The van der Waals surface area contributed by atoms with Gasteiger partial charge in [-0.3, -0.25) is 33.6 Å². The van der Waals surface area contributed by atoms with Crippen molar-refractivity contribution >= 4 is 73.9 Å². The standard InChI is InChI=1S/C44H39ClN4O7S/c1-22-30-19-25(45)11-16-35(30)57-39(22)33-21-36(47(4)46-33)49-41(53)32-20-31-27(38(44(32,3)43(49)55)28-7-5-6-8-34(28)56-18-17-50)14-15-29-37(31)42(54)48(40(29)52)26-12-9-24(10-13-26)23(2)51/h5-14,16,19,21,29,31-32,37-38,50H,15,17-18,20H2,1-4H3. The lowest BCUT2D eigenvalue weighted by atomic mass is 9.51. The first-order chi connectivity index (χ1) is 27.3. The van der Waals surface area contributed by atoms with Crippen molar-refractivity contribution in [2.75, 3.05) is 23.0 Å². The van der Waals surface area contributed by atoms with E-state index in [0.29, 0.717) is 39.1 Å². The van der Waals surface area contributed by atoms with Crippen LogP contribution in [0.25, 0.3) is 20.7 Å². The van der Waals surface area contributed by atoms with E-state index in [0.717, 1.165) is 26.1 Å². The summed E-state index contributed by atoms with van der Waals surface area (Å²) in [4.78, 5) is 74.2. The molecule has 4 heterocycles. The number of benzene rings is 3. The summed E-state index contributed by atoms with van der Waals surface area (Å²) in [6, 6.07) is 21.3. The highest BCUT2D eigenvalue weighted by Crippen LogP contribution is 2.64. The van der Waals surface area contributed by atoms with Gasteiger partial charge in [-0.25, -0.2) is 4.90 Å². The van der Waals surface area contributed by atoms with Gasteiger partial charge in [0.05, 0.1) is 40.3 Å². The summed E-state index contributed by atoms with van der Waals surface area (Å²) in [5.41, 5.74) is 2.63. The number of carbonyl (C=O) groups is 5. The number of halogens is 1. The largest absolute Gasteiger partial charge is 0.491 e. The molecule has 57 heavy (non-hydrogen) atoms. The zero-order valence-corrected chi connectivity index (χ0v) is 33.3. The third-order valence-corrected chi connectivity index (χ3v) is 14.1. The normalized spacial score (nSPS) is 25.5. The molecule has 1 N–H and O–H groups in total. The van der Waals surface area contributed by atoms with E-state index in [-0.39, 0.29) is 43.7 Å². The number of fused-ring (bicyclic) bond motifs is 5. The molecule has 2 aliphatic carbocycles. The van der Waals surface area contributed by atoms with Crippen LogP contribution in [0.5, 0.6) is 5.75 Å². The fourth-order valence-corrected chi connectivity index (χ4v) is 11.2. The Labute approximate surface area is 337 Å². The van der Waals surface area contributed by atoms with Crippen molar-refractivity contribution in [3.63, 3.8) is 0 Å². The van der Waals surface area contributed by atoms with E-state index in [1.165, 1.54) is 16.7 Å². The number of aromatic nitrogens is 2. The minimum absolute atomic E-state index is 0.0154. The second kappa shape index (κ2) is 13.6. The number of aliphatic hydroxyl groups excluding tert-OH is 1. The molecule has 6 atom stereocenters. The fourth-order valence-electron chi connectivity index (χ4n) is 9.90. The number of Topliss-reactive ketones (excluding diaryl/α,β-unsaturated/α-hetero) is 1. The van der Waals surface area contributed by atoms with E-state index >= 15 is 4.79 Å². The summed E-state index contributed by atoms with van der Waals surface area (Å²) < 4.78 is 8.67. The first-order valence-corrected chi connectivity index (χ1v) is 20.2. The lowest BCUT2D eigenvalue weighted by Gasteiger charge is -2.49. The van der Waals surface area contributed by atoms with Crippen LogP contribution < -0.4 is 14.5 Å². The monoisotopic (exact) mass is 802 g/mol. The first kappa shape index (κ1) is 37.2. The van der Waals surface area contributed by atoms with E-state index in [1.54, 1.807) is 59.5 Å². The summed E-state index contributed by atoms with van der Waals surface area (Å²) in [5.74, 6) is -4.36. The molecule has 0 spiro atoms. The quantitative estimate of drug-likeness (QED) is 0.0983. The van der Waals surface area contributed by atoms with Crippen molar-refractivity contribution in [3.8, 4) is 16.3 Å². The van der Waals surface area contributed by atoms with Crippen molar-refractivity contribution in [2.24, 2.45) is 36.1 Å². The van der Waals surface area contributed by atoms with Crippen LogP contribution in [-0.2, 0) is 26.2 Å². The molecular formula is C44H39ClN4O7S. The smallest absolute Gasteiger partial charge is 0.242 e. The van der Waals surface area contributed by atoms with E-state index in [4.69, 9.17) is 21.4 Å². The SMILES string of the molecule is CC(=O)c1ccc(N2C(=O)C3CC=C4C(CC5C(=O)N(c6cc(-c7sc8ccc(Cl)cc8c7C)nn6C)C(=O)C5(C)C4c4ccccc4OCCO)C3C2=O)cc1. The van der Waals surface area contributed by atoms with Crippen LogP contribution in [0.15, 0.2) is 84.4 Å². The predicted octanol–water partition coefficient (Wildman–Crippen LogP) is 7.27. The Bertz CT molecular complexity index is 2590. The number of allylic oxidation sites excluding steroid dienone is 2. The third-order valence-electron chi connectivity index (χ3n) is 12.6. The molecule has 11 nitrogen and oxygen atoms in total. The summed E-state index contributed by atoms with van der Waals surface area (Å²) in [7, 11) is 1.71. The summed E-state index contributed by atoms with van der Waals surface area (Å²) in [6.45, 7) is 5.07. The number of aliphatic hydroxyl groups is 1. The average molecular weight is 803 g/mol. The molecule has 6 unspecified atom stereocenters. The molecule has 9 rings (SSSR count). The molecule has 2 saturated heterocycles. The molecular weight excluding hydrogens is 764 g/mol. The van der Waals surface area contributed by atoms with Crippen molar-refractivity contribution in [3.05, 3.63) is 106 Å². The zero-order chi connectivity index (χ0) is 40.1. The highest BCUT2D eigenvalue weighted by atomic mass is 35.5. The molecule has 1 saturated carbocycles. The number of rotatable bonds is 8. The van der Waals surface area contributed by atoms with Crippen molar-refractivity contribution < 1.29 is 33.8 Å². The van der Waals surface area contributed by atoms with E-state index < -0.39 is 46.8 Å². The molecule has 0 radical (unpaired) electrons. The third kappa shape index (κ3) is 5.48. The summed E-state index contributed by atoms with van der Waals surface area (Å²) in [5, 5.41) is 16.2. The van der Waals surface area contributed by atoms with Gasteiger partial charge in [-0.05, 0) is 99.0 Å². The Hall–Kier alpha value is -5.43. The number of aryl methyl sites for hydroxylation is 2. The van der Waals surface area contributed by atoms with Gasteiger partial charge in [0.15, 0.2) is 5.78 Å². The Morgan fingerprint density at radius 1 is 0.982 bits per heavy atom. The molecule has 4 aliphatic rings. The van der Waals surface area contributed by atoms with Crippen LogP contribution in [-0.4, -0.2) is 57.5 Å². The van der Waals surface area contributed by atoms with E-state index in [9.17, 15) is 24.3 Å². The van der Waals surface area contributed by atoms with Gasteiger partial charge >= 0.3 is 0 Å². The van der Waals surface area contributed by atoms with Gasteiger partial charge in [0.25, 0.3) is 0 Å². The molecule has 13 heteroatoms. The van der Waals surface area contributed by atoms with E-state index in [1.807, 2.05) is 56.3 Å². The van der Waals surface area contributed by atoms with Gasteiger partial charge in [-0.15, -0.1) is 11.3 Å². The Balaban J connectivity index is 1.15. The number of thiophene rings is 1. The van der Waals surface area contributed by atoms with Crippen LogP contribution in [0, 0.1) is 36.0 Å². The number of anilines is 2. The first-order valence-electron chi connectivity index (χ1n) is 19.0. The van der Waals surface area contributed by atoms with Gasteiger partial charge in [0.1, 0.15) is 23.9 Å². The highest BCUT2D eigenvalue weighted by molar-refractivity contribution is 7.22. The number of para-hydroxylation sites is 1. The van der Waals surface area contributed by atoms with Crippen molar-refractivity contribution in [1.82, 2.24) is 9.78 Å². The number of ketones is 1. The van der Waals surface area contributed by atoms with Gasteiger partial charge in [-0.2, -0.15) is 5.10 Å². The van der Waals surface area contributed by atoms with Crippen molar-refractivity contribution in [2.45, 2.75) is 39.5 Å². The number of carbonyl (C=O) groups excluding carboxylic acids is 5. The molecule has 3 aromatic carbocycles.